The Morgan fingerprint density at radius 1 is 1.21 bits per heavy atom. The highest BCUT2D eigenvalue weighted by Crippen LogP contribution is 2.38. The van der Waals surface area contributed by atoms with Gasteiger partial charge in [0.15, 0.2) is 0 Å². The Morgan fingerprint density at radius 3 is 2.54 bits per heavy atom. The molecule has 6 nitrogen and oxygen atoms in total. The second kappa shape index (κ2) is 7.05. The van der Waals surface area contributed by atoms with Gasteiger partial charge in [-0.3, -0.25) is 10.0 Å². The first-order chi connectivity index (χ1) is 13.5. The van der Waals surface area contributed by atoms with Crippen molar-refractivity contribution >= 4 is 28.7 Å². The minimum atomic E-state index is -0.540. The average Bonchev–Trinajstić information content (AvgIpc) is 2.73. The summed E-state index contributed by atoms with van der Waals surface area (Å²) in [6, 6.07) is 8.96. The molecule has 0 aliphatic heterocycles. The highest BCUT2D eigenvalue weighted by molar-refractivity contribution is 6.06. The molecule has 0 radical (unpaired) electrons. The molecule has 6 heteroatoms. The third-order valence-corrected chi connectivity index (χ3v) is 5.51. The summed E-state index contributed by atoms with van der Waals surface area (Å²) in [6.07, 6.45) is 5.40. The van der Waals surface area contributed by atoms with E-state index in [1.165, 1.54) is 17.3 Å². The van der Waals surface area contributed by atoms with Gasteiger partial charge in [-0.2, -0.15) is 0 Å². The number of carbonyl (C=O) groups excluding carboxylic acids is 1. The van der Waals surface area contributed by atoms with E-state index in [2.05, 4.69) is 0 Å². The van der Waals surface area contributed by atoms with Crippen LogP contribution in [0.1, 0.15) is 45.5 Å². The monoisotopic (exact) mass is 374 g/mol. The number of hydrogen-bond donors (Lipinski definition) is 4. The second-order valence-corrected chi connectivity index (χ2v) is 7.21. The fraction of sp³-hybridized carbons (Fsp3) is 0.227. The molecule has 142 valence electrons. The number of rotatable bonds is 3. The third kappa shape index (κ3) is 2.82. The van der Waals surface area contributed by atoms with Crippen molar-refractivity contribution in [2.75, 3.05) is 5.73 Å². The second-order valence-electron chi connectivity index (χ2n) is 7.21. The zero-order chi connectivity index (χ0) is 19.8. The molecule has 3 aromatic rings. The third-order valence-electron chi connectivity index (χ3n) is 5.51. The summed E-state index contributed by atoms with van der Waals surface area (Å²) in [5.41, 5.74) is 15.7. The number of benzene rings is 2. The first-order valence-electron chi connectivity index (χ1n) is 9.35. The van der Waals surface area contributed by atoms with E-state index in [1.54, 1.807) is 17.6 Å². The number of aryl methyl sites for hydroxylation is 2. The highest BCUT2D eigenvalue weighted by atomic mass is 16.5. The molecule has 0 unspecified atom stereocenters. The Labute approximate surface area is 162 Å². The van der Waals surface area contributed by atoms with Gasteiger partial charge >= 0.3 is 0 Å². The van der Waals surface area contributed by atoms with Crippen LogP contribution in [0, 0.1) is 12.3 Å². The molecule has 0 saturated heterocycles. The topological polar surface area (TPSA) is 112 Å². The molecule has 1 heterocycles. The molecule has 1 amide bonds. The summed E-state index contributed by atoms with van der Waals surface area (Å²) in [4.78, 5) is 16.6. The van der Waals surface area contributed by atoms with Crippen LogP contribution in [0.15, 0.2) is 30.3 Å². The van der Waals surface area contributed by atoms with Crippen LogP contribution in [-0.4, -0.2) is 22.3 Å². The van der Waals surface area contributed by atoms with E-state index < -0.39 is 5.91 Å². The molecule has 1 aliphatic rings. The van der Waals surface area contributed by atoms with E-state index in [0.717, 1.165) is 59.0 Å². The van der Waals surface area contributed by atoms with Gasteiger partial charge in [0.25, 0.3) is 5.91 Å². The fourth-order valence-corrected chi connectivity index (χ4v) is 4.16. The summed E-state index contributed by atoms with van der Waals surface area (Å²) in [5.74, 6) is -0.540. The number of hydrogen-bond acceptors (Lipinski definition) is 5. The predicted molar refractivity (Wildman–Crippen MR) is 110 cm³/mol. The lowest BCUT2D eigenvalue weighted by atomic mass is 9.84. The molecule has 0 atom stereocenters. The minimum absolute atomic E-state index is 0.385. The van der Waals surface area contributed by atoms with E-state index in [-0.39, 0.29) is 0 Å². The molecule has 2 aromatic carbocycles. The van der Waals surface area contributed by atoms with Crippen LogP contribution in [0.25, 0.3) is 22.2 Å². The van der Waals surface area contributed by atoms with Crippen LogP contribution in [0.4, 0.5) is 5.69 Å². The number of nitrogens with two attached hydrogens (primary N) is 1. The van der Waals surface area contributed by atoms with Crippen molar-refractivity contribution in [3.63, 3.8) is 0 Å². The number of pyridine rings is 1. The summed E-state index contributed by atoms with van der Waals surface area (Å²) in [6.45, 7) is 1.99. The first kappa shape index (κ1) is 18.1. The van der Waals surface area contributed by atoms with Gasteiger partial charge in [-0.15, -0.1) is 0 Å². The molecule has 1 aliphatic carbocycles. The maximum Gasteiger partial charge on any atom is 0.274 e. The Balaban J connectivity index is 2.00. The number of nitrogens with zero attached hydrogens (tertiary/aromatic N) is 1. The molecule has 0 saturated carbocycles. The van der Waals surface area contributed by atoms with E-state index in [4.69, 9.17) is 21.3 Å². The lowest BCUT2D eigenvalue weighted by molar-refractivity contribution is 0.0706. The molecular formula is C22H22N4O2. The molecule has 28 heavy (non-hydrogen) atoms. The lowest BCUT2D eigenvalue weighted by Crippen LogP contribution is -2.18. The van der Waals surface area contributed by atoms with Crippen molar-refractivity contribution in [1.82, 2.24) is 10.5 Å². The number of amides is 1. The Kier molecular flexibility index (Phi) is 4.57. The van der Waals surface area contributed by atoms with Crippen LogP contribution < -0.4 is 11.2 Å². The van der Waals surface area contributed by atoms with Gasteiger partial charge in [0.2, 0.25) is 0 Å². The molecule has 0 fully saturated rings. The molecule has 4 rings (SSSR count). The number of hydroxylamine groups is 1. The molecule has 1 aromatic heterocycles. The van der Waals surface area contributed by atoms with Crippen LogP contribution in [0.2, 0.25) is 0 Å². The summed E-state index contributed by atoms with van der Waals surface area (Å²) < 4.78 is 0. The van der Waals surface area contributed by atoms with Gasteiger partial charge in [-0.25, -0.2) is 10.5 Å². The van der Waals surface area contributed by atoms with E-state index in [1.807, 2.05) is 25.1 Å². The number of nitrogens with one attached hydrogen (secondary N) is 2. The average molecular weight is 374 g/mol. The van der Waals surface area contributed by atoms with E-state index in [0.29, 0.717) is 11.3 Å². The highest BCUT2D eigenvalue weighted by Gasteiger charge is 2.22. The zero-order valence-electron chi connectivity index (χ0n) is 15.7. The van der Waals surface area contributed by atoms with Crippen LogP contribution >= 0.6 is 0 Å². The summed E-state index contributed by atoms with van der Waals surface area (Å²) in [7, 11) is 0. The lowest BCUT2D eigenvalue weighted by Gasteiger charge is -2.23. The van der Waals surface area contributed by atoms with Crippen molar-refractivity contribution in [1.29, 1.82) is 5.41 Å². The van der Waals surface area contributed by atoms with E-state index >= 15 is 0 Å². The van der Waals surface area contributed by atoms with Crippen molar-refractivity contribution in [3.8, 4) is 11.3 Å². The molecule has 0 spiro atoms. The normalized spacial score (nSPS) is 13.2. The van der Waals surface area contributed by atoms with Crippen molar-refractivity contribution in [2.45, 2.75) is 32.6 Å². The molecular weight excluding hydrogens is 352 g/mol. The van der Waals surface area contributed by atoms with Gasteiger partial charge in [0.05, 0.1) is 11.2 Å². The van der Waals surface area contributed by atoms with Crippen molar-refractivity contribution in [2.24, 2.45) is 0 Å². The van der Waals surface area contributed by atoms with Gasteiger partial charge < -0.3 is 11.1 Å². The van der Waals surface area contributed by atoms with Gasteiger partial charge in [0, 0.05) is 34.0 Å². The maximum absolute atomic E-state index is 11.6. The number of carbonyl (C=O) groups is 1. The first-order valence-corrected chi connectivity index (χ1v) is 9.35. The van der Waals surface area contributed by atoms with Gasteiger partial charge in [0.1, 0.15) is 0 Å². The Hall–Kier alpha value is -3.25. The van der Waals surface area contributed by atoms with Crippen LogP contribution in [0.5, 0.6) is 0 Å². The largest absolute Gasteiger partial charge is 0.398 e. The number of fused-ring (bicyclic) bond motifs is 3. The Bertz CT molecular complexity index is 1100. The van der Waals surface area contributed by atoms with Crippen molar-refractivity contribution < 1.29 is 10.0 Å². The van der Waals surface area contributed by atoms with Gasteiger partial charge in [-0.05, 0) is 67.5 Å². The molecule has 0 bridgehead atoms. The summed E-state index contributed by atoms with van der Waals surface area (Å²) >= 11 is 0. The van der Waals surface area contributed by atoms with Crippen LogP contribution in [0.3, 0.4) is 0 Å². The standard InChI is InChI=1S/C22H22N4O2/c1-12-10-18(24)17(11-23)19-15-4-2-3-5-16(15)21(25-20(12)19)13-6-8-14(9-7-13)22(27)26-28/h6-11,23,28H,2-5,24H2,1H3,(H,26,27). The maximum atomic E-state index is 11.6. The van der Waals surface area contributed by atoms with Crippen molar-refractivity contribution in [3.05, 3.63) is 58.1 Å². The quantitative estimate of drug-likeness (QED) is 0.242. The minimum Gasteiger partial charge on any atom is -0.398 e. The van der Waals surface area contributed by atoms with Crippen LogP contribution in [-0.2, 0) is 12.8 Å². The zero-order valence-corrected chi connectivity index (χ0v) is 15.7. The number of aromatic nitrogens is 1. The number of nitrogen functional groups attached to an aromatic ring is 1. The van der Waals surface area contributed by atoms with Gasteiger partial charge in [-0.1, -0.05) is 12.1 Å². The predicted octanol–water partition coefficient (Wildman–Crippen LogP) is 3.79. The van der Waals surface area contributed by atoms with E-state index in [9.17, 15) is 4.79 Å². The number of anilines is 1. The molecule has 5 N–H and O–H groups in total. The SMILES string of the molecule is Cc1cc(N)c(C=N)c2c3c(c(-c4ccc(C(=O)NO)cc4)nc12)CCCC3. The Morgan fingerprint density at radius 2 is 1.89 bits per heavy atom. The fourth-order valence-electron chi connectivity index (χ4n) is 4.16. The smallest absolute Gasteiger partial charge is 0.274 e. The summed E-state index contributed by atoms with van der Waals surface area (Å²) in [5, 5.41) is 17.7.